The molecule has 1 aliphatic heterocycles. The molecule has 1 saturated carbocycles. The molecule has 2 heterocycles. The third-order valence-electron chi connectivity index (χ3n) is 4.49. The highest BCUT2D eigenvalue weighted by atomic mass is 32.2. The van der Waals surface area contributed by atoms with Gasteiger partial charge in [0.25, 0.3) is 0 Å². The Morgan fingerprint density at radius 2 is 2.04 bits per heavy atom. The number of rotatable bonds is 4. The Kier molecular flexibility index (Phi) is 5.96. The molecule has 26 heavy (non-hydrogen) atoms. The molecule has 3 N–H and O–H groups in total. The fourth-order valence-corrected chi connectivity index (χ4v) is 3.84. The van der Waals surface area contributed by atoms with E-state index in [-0.39, 0.29) is 16.9 Å². The summed E-state index contributed by atoms with van der Waals surface area (Å²) in [6.07, 6.45) is 13.3. The lowest BCUT2D eigenvalue weighted by Gasteiger charge is -2.24. The van der Waals surface area contributed by atoms with Gasteiger partial charge in [-0.1, -0.05) is 51.8 Å². The van der Waals surface area contributed by atoms with Crippen LogP contribution in [0.5, 0.6) is 0 Å². The van der Waals surface area contributed by atoms with E-state index < -0.39 is 0 Å². The Morgan fingerprint density at radius 1 is 1.27 bits per heavy atom. The highest BCUT2D eigenvalue weighted by Gasteiger charge is 2.21. The summed E-state index contributed by atoms with van der Waals surface area (Å²) in [5.74, 6) is 1.45. The van der Waals surface area contributed by atoms with Crippen molar-refractivity contribution in [1.82, 2.24) is 20.9 Å². The maximum Gasteiger partial charge on any atom is 0.317 e. The largest absolute Gasteiger partial charge is 0.441 e. The summed E-state index contributed by atoms with van der Waals surface area (Å²) in [5.41, 5.74) is -0.212. The number of nitrogens with one attached hydrogen (secondary N) is 3. The van der Waals surface area contributed by atoms with Crippen LogP contribution in [-0.4, -0.2) is 22.6 Å². The lowest BCUT2D eigenvalue weighted by molar-refractivity contribution is 0.231. The van der Waals surface area contributed by atoms with Gasteiger partial charge >= 0.3 is 6.03 Å². The van der Waals surface area contributed by atoms with E-state index in [1.165, 1.54) is 19.3 Å². The first kappa shape index (κ1) is 18.9. The van der Waals surface area contributed by atoms with Gasteiger partial charge in [-0.2, -0.15) is 0 Å². The Hall–Kier alpha value is -1.89. The lowest BCUT2D eigenvalue weighted by atomic mass is 9.94. The van der Waals surface area contributed by atoms with Gasteiger partial charge in [-0.15, -0.1) is 0 Å². The predicted molar refractivity (Wildman–Crippen MR) is 105 cm³/mol. The van der Waals surface area contributed by atoms with E-state index in [1.54, 1.807) is 18.0 Å². The molecule has 142 valence electrons. The number of allylic oxidation sites excluding steroid dienone is 1. The maximum atomic E-state index is 12.1. The minimum atomic E-state index is -0.159. The normalized spacial score (nSPS) is 21.5. The number of oxazole rings is 1. The summed E-state index contributed by atoms with van der Waals surface area (Å²) in [7, 11) is 0. The molecule has 1 aromatic rings. The van der Waals surface area contributed by atoms with Gasteiger partial charge in [-0.05, 0) is 18.9 Å². The number of hydrogen-bond acceptors (Lipinski definition) is 5. The molecule has 7 heteroatoms. The van der Waals surface area contributed by atoms with Crippen LogP contribution in [0.25, 0.3) is 6.08 Å². The molecule has 6 nitrogen and oxygen atoms in total. The predicted octanol–water partition coefficient (Wildman–Crippen LogP) is 4.08. The number of thioether (sulfide) groups is 1. The summed E-state index contributed by atoms with van der Waals surface area (Å²) in [6.45, 7) is 6.28. The van der Waals surface area contributed by atoms with E-state index >= 15 is 0 Å². The van der Waals surface area contributed by atoms with Gasteiger partial charge in [-0.25, -0.2) is 9.78 Å². The van der Waals surface area contributed by atoms with Crippen LogP contribution < -0.4 is 16.0 Å². The minimum Gasteiger partial charge on any atom is -0.441 e. The monoisotopic (exact) mass is 376 g/mol. The molecule has 2 amide bonds. The molecular formula is C19H28N4O2S. The van der Waals surface area contributed by atoms with Gasteiger partial charge in [0.1, 0.15) is 5.76 Å². The number of urea groups is 1. The van der Waals surface area contributed by atoms with Crippen LogP contribution in [0.3, 0.4) is 0 Å². The van der Waals surface area contributed by atoms with E-state index in [9.17, 15) is 4.79 Å². The third kappa shape index (κ3) is 5.30. The zero-order valence-corrected chi connectivity index (χ0v) is 16.5. The summed E-state index contributed by atoms with van der Waals surface area (Å²) in [5, 5.41) is 9.19. The summed E-state index contributed by atoms with van der Waals surface area (Å²) < 4.78 is 5.75. The smallest absolute Gasteiger partial charge is 0.317 e. The lowest BCUT2D eigenvalue weighted by Crippen LogP contribution is -2.48. The second kappa shape index (κ2) is 8.20. The number of carbonyl (C=O) groups is 1. The number of carbonyl (C=O) groups excluding carboxylic acids is 1. The van der Waals surface area contributed by atoms with Crippen molar-refractivity contribution in [2.75, 3.05) is 0 Å². The molecule has 0 spiro atoms. The molecule has 2 aliphatic rings. The Labute approximate surface area is 159 Å². The van der Waals surface area contributed by atoms with E-state index in [0.717, 1.165) is 23.5 Å². The zero-order valence-electron chi connectivity index (χ0n) is 15.7. The van der Waals surface area contributed by atoms with Crippen molar-refractivity contribution >= 4 is 23.9 Å². The van der Waals surface area contributed by atoms with Gasteiger partial charge in [0.05, 0.1) is 6.20 Å². The number of nitrogens with zero attached hydrogens (tertiary/aromatic N) is 1. The molecule has 1 unspecified atom stereocenters. The highest BCUT2D eigenvalue weighted by molar-refractivity contribution is 8.04. The second-order valence-corrected chi connectivity index (χ2v) is 8.99. The van der Waals surface area contributed by atoms with Gasteiger partial charge in [-0.3, -0.25) is 0 Å². The van der Waals surface area contributed by atoms with E-state index in [0.29, 0.717) is 11.9 Å². The summed E-state index contributed by atoms with van der Waals surface area (Å²) in [4.78, 5) is 17.4. The van der Waals surface area contributed by atoms with E-state index in [2.05, 4.69) is 41.7 Å². The second-order valence-electron chi connectivity index (χ2n) is 7.81. The first-order chi connectivity index (χ1) is 12.4. The van der Waals surface area contributed by atoms with E-state index in [1.807, 2.05) is 18.4 Å². The van der Waals surface area contributed by atoms with Crippen LogP contribution >= 0.6 is 11.8 Å². The molecule has 1 atom stereocenters. The van der Waals surface area contributed by atoms with Gasteiger partial charge in [0.15, 0.2) is 5.50 Å². The molecule has 1 fully saturated rings. The van der Waals surface area contributed by atoms with Crippen LogP contribution in [0.1, 0.15) is 64.5 Å². The molecule has 1 aromatic heterocycles. The molecular weight excluding hydrogens is 348 g/mol. The van der Waals surface area contributed by atoms with Gasteiger partial charge in [0.2, 0.25) is 5.89 Å². The Morgan fingerprint density at radius 3 is 2.73 bits per heavy atom. The molecule has 3 rings (SSSR count). The van der Waals surface area contributed by atoms with Crippen molar-refractivity contribution < 1.29 is 9.21 Å². The van der Waals surface area contributed by atoms with Crippen molar-refractivity contribution in [2.24, 2.45) is 0 Å². The van der Waals surface area contributed by atoms with Crippen LogP contribution in [0, 0.1) is 0 Å². The molecule has 0 aromatic carbocycles. The fourth-order valence-electron chi connectivity index (χ4n) is 2.98. The molecule has 0 radical (unpaired) electrons. The average Bonchev–Trinajstić information content (AvgIpc) is 3.22. The number of amides is 2. The topological polar surface area (TPSA) is 79.2 Å². The van der Waals surface area contributed by atoms with Crippen molar-refractivity contribution in [3.8, 4) is 0 Å². The quantitative estimate of drug-likeness (QED) is 0.738. The third-order valence-corrected chi connectivity index (χ3v) is 5.50. The Balaban J connectivity index is 1.44. The fraction of sp³-hybridized carbons (Fsp3) is 0.579. The first-order valence-electron chi connectivity index (χ1n) is 9.24. The minimum absolute atomic E-state index is 0.0528. The van der Waals surface area contributed by atoms with Crippen molar-refractivity contribution in [3.63, 3.8) is 0 Å². The van der Waals surface area contributed by atoms with Gasteiger partial charge < -0.3 is 20.4 Å². The SMILES string of the molecule is CC(C)(C)c1cnc(/C=C/C2=CNC(NC(=O)NC3CCCCC3)S2)o1. The molecule has 0 saturated heterocycles. The van der Waals surface area contributed by atoms with Gasteiger partial charge in [0, 0.05) is 28.6 Å². The summed E-state index contributed by atoms with van der Waals surface area (Å²) in [6, 6.07) is 0.201. The maximum absolute atomic E-state index is 12.1. The van der Waals surface area contributed by atoms with Crippen LogP contribution in [-0.2, 0) is 5.41 Å². The van der Waals surface area contributed by atoms with Crippen molar-refractivity contribution in [3.05, 3.63) is 35.0 Å². The standard InChI is InChI=1S/C19H28N4O2S/c1-19(2,3)15-12-20-16(25-15)10-9-14-11-21-18(26-14)23-17(24)22-13-7-5-4-6-8-13/h9-13,18,21H,4-8H2,1-3H3,(H2,22,23,24)/b10-9+. The molecule has 1 aliphatic carbocycles. The molecule has 0 bridgehead atoms. The van der Waals surface area contributed by atoms with Crippen LogP contribution in [0.2, 0.25) is 0 Å². The highest BCUT2D eigenvalue weighted by Crippen LogP contribution is 2.27. The number of aromatic nitrogens is 1. The van der Waals surface area contributed by atoms with E-state index in [4.69, 9.17) is 4.42 Å². The Bertz CT molecular complexity index is 684. The van der Waals surface area contributed by atoms with Crippen molar-refractivity contribution in [1.29, 1.82) is 0 Å². The number of hydrogen-bond donors (Lipinski definition) is 3. The van der Waals surface area contributed by atoms with Crippen molar-refractivity contribution in [2.45, 2.75) is 69.8 Å². The first-order valence-corrected chi connectivity index (χ1v) is 10.1. The summed E-state index contributed by atoms with van der Waals surface area (Å²) >= 11 is 1.55. The van der Waals surface area contributed by atoms with Crippen LogP contribution in [0.4, 0.5) is 4.79 Å². The van der Waals surface area contributed by atoms with Crippen LogP contribution in [0.15, 0.2) is 27.8 Å². The average molecular weight is 377 g/mol. The zero-order chi connectivity index (χ0) is 18.6.